The fourth-order valence-corrected chi connectivity index (χ4v) is 5.04. The third-order valence-corrected chi connectivity index (χ3v) is 7.14. The molecule has 0 amide bonds. The Morgan fingerprint density at radius 2 is 1.76 bits per heavy atom. The van der Waals surface area contributed by atoms with E-state index in [9.17, 15) is 0 Å². The van der Waals surface area contributed by atoms with Gasteiger partial charge in [0.1, 0.15) is 11.3 Å². The van der Waals surface area contributed by atoms with Gasteiger partial charge in [-0.1, -0.05) is 62.9 Å². The molecule has 0 aliphatic carbocycles. The summed E-state index contributed by atoms with van der Waals surface area (Å²) >= 11 is 3.52. The highest BCUT2D eigenvalue weighted by Crippen LogP contribution is 2.61. The van der Waals surface area contributed by atoms with E-state index in [4.69, 9.17) is 9.73 Å². The van der Waals surface area contributed by atoms with Crippen LogP contribution >= 0.6 is 23.5 Å². The van der Waals surface area contributed by atoms with Crippen molar-refractivity contribution in [2.45, 2.75) is 44.4 Å². The van der Waals surface area contributed by atoms with E-state index in [-0.39, 0.29) is 15.2 Å². The molecule has 2 nitrogen and oxygen atoms in total. The molecule has 2 aliphatic heterocycles. The number of aliphatic imine (C=N–C) groups is 1. The van der Waals surface area contributed by atoms with E-state index < -0.39 is 0 Å². The fraction of sp³-hybridized carbons (Fsp3) is 0.471. The molecule has 0 saturated heterocycles. The van der Waals surface area contributed by atoms with Crippen molar-refractivity contribution in [1.29, 1.82) is 0 Å². The lowest BCUT2D eigenvalue weighted by atomic mass is 9.98. The molecule has 0 saturated carbocycles. The standard InChI is InChI=1S/C17H21NOS2/c1-15(2,3)14-18-16(4,5)17(21-14)19-13(11-20-17)12-9-7-6-8-10-12/h6-11H,1-5H3. The summed E-state index contributed by atoms with van der Waals surface area (Å²) < 4.78 is 6.03. The van der Waals surface area contributed by atoms with Crippen LogP contribution in [0.5, 0.6) is 0 Å². The molecule has 1 aromatic carbocycles. The van der Waals surface area contributed by atoms with Crippen molar-refractivity contribution in [1.82, 2.24) is 0 Å². The summed E-state index contributed by atoms with van der Waals surface area (Å²) in [6.45, 7) is 10.9. The smallest absolute Gasteiger partial charge is 0.235 e. The lowest BCUT2D eigenvalue weighted by Crippen LogP contribution is -2.40. The predicted octanol–water partition coefficient (Wildman–Crippen LogP) is 5.37. The lowest BCUT2D eigenvalue weighted by molar-refractivity contribution is 0.160. The second-order valence-corrected chi connectivity index (χ2v) is 9.42. The quantitative estimate of drug-likeness (QED) is 0.694. The Morgan fingerprint density at radius 3 is 2.33 bits per heavy atom. The van der Waals surface area contributed by atoms with Crippen LogP contribution in [-0.4, -0.2) is 14.8 Å². The van der Waals surface area contributed by atoms with E-state index in [1.807, 2.05) is 18.2 Å². The van der Waals surface area contributed by atoms with Crippen LogP contribution in [0.25, 0.3) is 5.76 Å². The van der Waals surface area contributed by atoms with Crippen molar-refractivity contribution in [3.05, 3.63) is 41.3 Å². The van der Waals surface area contributed by atoms with Gasteiger partial charge in [0.25, 0.3) is 0 Å². The third-order valence-electron chi connectivity index (χ3n) is 3.63. The molecule has 0 bridgehead atoms. The van der Waals surface area contributed by atoms with Crippen molar-refractivity contribution >= 4 is 34.3 Å². The zero-order valence-electron chi connectivity index (χ0n) is 13.1. The van der Waals surface area contributed by atoms with Crippen molar-refractivity contribution in [3.63, 3.8) is 0 Å². The van der Waals surface area contributed by atoms with Crippen LogP contribution < -0.4 is 0 Å². The van der Waals surface area contributed by atoms with Crippen molar-refractivity contribution < 1.29 is 4.74 Å². The Kier molecular flexibility index (Phi) is 3.45. The Labute approximate surface area is 135 Å². The molecular formula is C17H21NOS2. The van der Waals surface area contributed by atoms with Gasteiger partial charge in [-0.05, 0) is 25.6 Å². The first-order valence-corrected chi connectivity index (χ1v) is 8.85. The maximum atomic E-state index is 6.41. The molecule has 0 radical (unpaired) electrons. The molecule has 1 unspecified atom stereocenters. The Morgan fingerprint density at radius 1 is 1.10 bits per heavy atom. The molecule has 2 heterocycles. The predicted molar refractivity (Wildman–Crippen MR) is 94.4 cm³/mol. The molecule has 0 fully saturated rings. The molecular weight excluding hydrogens is 298 g/mol. The van der Waals surface area contributed by atoms with Crippen LogP contribution in [0.4, 0.5) is 0 Å². The van der Waals surface area contributed by atoms with Gasteiger partial charge < -0.3 is 4.74 Å². The van der Waals surface area contributed by atoms with Crippen LogP contribution in [-0.2, 0) is 4.74 Å². The Hall–Kier alpha value is -0.870. The summed E-state index contributed by atoms with van der Waals surface area (Å²) in [4.78, 5) is 4.96. The summed E-state index contributed by atoms with van der Waals surface area (Å²) in [7, 11) is 0. The number of benzene rings is 1. The van der Waals surface area contributed by atoms with Crippen molar-refractivity contribution in [3.8, 4) is 0 Å². The number of thioether (sulfide) groups is 2. The molecule has 1 spiro atoms. The van der Waals surface area contributed by atoms with Crippen LogP contribution in [0.3, 0.4) is 0 Å². The monoisotopic (exact) mass is 319 g/mol. The first-order chi connectivity index (χ1) is 9.74. The molecule has 4 heteroatoms. The second kappa shape index (κ2) is 4.82. The molecule has 1 atom stereocenters. The number of nitrogens with zero attached hydrogens (tertiary/aromatic N) is 1. The van der Waals surface area contributed by atoms with Crippen LogP contribution in [0.1, 0.15) is 40.2 Å². The van der Waals surface area contributed by atoms with Crippen LogP contribution in [0.2, 0.25) is 0 Å². The minimum absolute atomic E-state index is 0.0604. The first-order valence-electron chi connectivity index (χ1n) is 7.15. The number of hydrogen-bond donors (Lipinski definition) is 0. The third kappa shape index (κ3) is 2.53. The van der Waals surface area contributed by atoms with E-state index in [1.54, 1.807) is 23.5 Å². The number of rotatable bonds is 1. The normalized spacial score (nSPS) is 27.5. The summed E-state index contributed by atoms with van der Waals surface area (Å²) in [6.07, 6.45) is 0. The van der Waals surface area contributed by atoms with E-state index in [0.717, 1.165) is 11.3 Å². The van der Waals surface area contributed by atoms with Gasteiger partial charge in [0.15, 0.2) is 0 Å². The van der Waals surface area contributed by atoms with Gasteiger partial charge in [-0.25, -0.2) is 0 Å². The lowest BCUT2D eigenvalue weighted by Gasteiger charge is -2.34. The van der Waals surface area contributed by atoms with Gasteiger partial charge in [0.2, 0.25) is 4.27 Å². The van der Waals surface area contributed by atoms with Gasteiger partial charge in [0.05, 0.1) is 5.04 Å². The zero-order chi connectivity index (χ0) is 15.3. The highest BCUT2D eigenvalue weighted by molar-refractivity contribution is 8.27. The molecule has 3 rings (SSSR count). The highest BCUT2D eigenvalue weighted by Gasteiger charge is 2.58. The van der Waals surface area contributed by atoms with E-state index in [2.05, 4.69) is 52.2 Å². The molecule has 21 heavy (non-hydrogen) atoms. The summed E-state index contributed by atoms with van der Waals surface area (Å²) in [6, 6.07) is 10.3. The van der Waals surface area contributed by atoms with E-state index in [1.165, 1.54) is 5.04 Å². The fourth-order valence-electron chi connectivity index (χ4n) is 2.29. The molecule has 2 aliphatic rings. The Balaban J connectivity index is 1.87. The topological polar surface area (TPSA) is 21.6 Å². The second-order valence-electron chi connectivity index (χ2n) is 6.95. The van der Waals surface area contributed by atoms with Crippen LogP contribution in [0.15, 0.2) is 40.7 Å². The van der Waals surface area contributed by atoms with Crippen molar-refractivity contribution in [2.75, 3.05) is 0 Å². The highest BCUT2D eigenvalue weighted by atomic mass is 32.2. The van der Waals surface area contributed by atoms with Gasteiger partial charge in [-0.2, -0.15) is 0 Å². The van der Waals surface area contributed by atoms with Gasteiger partial charge in [-0.3, -0.25) is 4.99 Å². The number of ether oxygens (including phenoxy) is 1. The maximum absolute atomic E-state index is 6.41. The van der Waals surface area contributed by atoms with E-state index >= 15 is 0 Å². The maximum Gasteiger partial charge on any atom is 0.235 e. The van der Waals surface area contributed by atoms with Gasteiger partial charge in [-0.15, -0.1) is 0 Å². The minimum atomic E-state index is -0.374. The van der Waals surface area contributed by atoms with Crippen molar-refractivity contribution in [2.24, 2.45) is 10.4 Å². The SMILES string of the molecule is CC(C)(C)C1=NC(C)(C)C2(OC(c3ccccc3)=CS2)S1. The minimum Gasteiger partial charge on any atom is -0.463 e. The largest absolute Gasteiger partial charge is 0.463 e. The summed E-state index contributed by atoms with van der Waals surface area (Å²) in [5.74, 6) is 0.950. The Bertz CT molecular complexity index is 613. The summed E-state index contributed by atoms with van der Waals surface area (Å²) in [5, 5.41) is 3.30. The average molecular weight is 319 g/mol. The molecule has 0 N–H and O–H groups in total. The zero-order valence-corrected chi connectivity index (χ0v) is 14.8. The molecule has 0 aromatic heterocycles. The van der Waals surface area contributed by atoms with E-state index in [0.29, 0.717) is 0 Å². The van der Waals surface area contributed by atoms with Gasteiger partial charge >= 0.3 is 0 Å². The van der Waals surface area contributed by atoms with Crippen LogP contribution in [0, 0.1) is 5.41 Å². The first kappa shape index (κ1) is 15.0. The molecule has 112 valence electrons. The number of hydrogen-bond acceptors (Lipinski definition) is 4. The van der Waals surface area contributed by atoms with Gasteiger partial charge in [0, 0.05) is 16.4 Å². The summed E-state index contributed by atoms with van der Waals surface area (Å²) in [5.41, 5.74) is 0.936. The average Bonchev–Trinajstić information content (AvgIpc) is 2.94. The molecule has 1 aromatic rings.